The van der Waals surface area contributed by atoms with Crippen LogP contribution in [0, 0.1) is 0 Å². The van der Waals surface area contributed by atoms with E-state index < -0.39 is 6.10 Å². The van der Waals surface area contributed by atoms with Gasteiger partial charge in [0.05, 0.1) is 25.4 Å². The maximum absolute atomic E-state index is 9.97. The molecule has 2 unspecified atom stereocenters. The van der Waals surface area contributed by atoms with E-state index in [2.05, 4.69) is 34.2 Å². The number of aliphatic hydroxyl groups excluding tert-OH is 1. The van der Waals surface area contributed by atoms with E-state index in [4.69, 9.17) is 9.47 Å². The van der Waals surface area contributed by atoms with E-state index in [1.54, 1.807) is 0 Å². The van der Waals surface area contributed by atoms with Gasteiger partial charge >= 0.3 is 0 Å². The Bertz CT molecular complexity index is 436. The zero-order chi connectivity index (χ0) is 15.1. The Labute approximate surface area is 135 Å². The largest absolute Gasteiger partial charge is 0.389 e. The predicted molar refractivity (Wildman–Crippen MR) is 87.8 cm³/mol. The van der Waals surface area contributed by atoms with Crippen molar-refractivity contribution in [3.63, 3.8) is 0 Å². The topological polar surface area (TPSA) is 50.7 Å². The van der Waals surface area contributed by atoms with Gasteiger partial charge in [0.2, 0.25) is 0 Å². The van der Waals surface area contributed by atoms with Crippen LogP contribution in [0.1, 0.15) is 25.3 Å². The van der Waals surface area contributed by atoms with Crippen LogP contribution in [0.2, 0.25) is 0 Å². The zero-order valence-corrected chi connectivity index (χ0v) is 14.1. The average Bonchev–Trinajstić information content (AvgIpc) is 2.99. The molecule has 0 saturated carbocycles. The highest BCUT2D eigenvalue weighted by Gasteiger charge is 2.16. The summed E-state index contributed by atoms with van der Waals surface area (Å²) in [6.45, 7) is 4.36. The van der Waals surface area contributed by atoms with Crippen molar-refractivity contribution in [2.24, 2.45) is 0 Å². The minimum absolute atomic E-state index is 0.211. The Morgan fingerprint density at radius 1 is 1.52 bits per heavy atom. The van der Waals surface area contributed by atoms with Gasteiger partial charge in [-0.1, -0.05) is 22.9 Å². The van der Waals surface area contributed by atoms with Gasteiger partial charge in [-0.3, -0.25) is 0 Å². The molecule has 0 bridgehead atoms. The molecule has 1 aromatic rings. The first-order chi connectivity index (χ1) is 10.2. The van der Waals surface area contributed by atoms with Crippen LogP contribution in [0.25, 0.3) is 0 Å². The van der Waals surface area contributed by atoms with Gasteiger partial charge in [-0.05, 0) is 43.0 Å². The lowest BCUT2D eigenvalue weighted by atomic mass is 10.1. The van der Waals surface area contributed by atoms with Crippen LogP contribution in [0.5, 0.6) is 0 Å². The number of aryl methyl sites for hydroxylation is 1. The van der Waals surface area contributed by atoms with E-state index in [9.17, 15) is 5.11 Å². The van der Waals surface area contributed by atoms with Crippen LogP contribution in [-0.4, -0.2) is 43.7 Å². The summed E-state index contributed by atoms with van der Waals surface area (Å²) in [6.07, 6.45) is 2.82. The summed E-state index contributed by atoms with van der Waals surface area (Å²) in [7, 11) is 0. The molecule has 1 fully saturated rings. The number of hydrogen-bond donors (Lipinski definition) is 2. The number of anilines is 1. The molecule has 0 aromatic heterocycles. The van der Waals surface area contributed by atoms with E-state index in [0.29, 0.717) is 19.8 Å². The second kappa shape index (κ2) is 8.73. The number of halogens is 1. The Morgan fingerprint density at radius 3 is 3.10 bits per heavy atom. The predicted octanol–water partition coefficient (Wildman–Crippen LogP) is 2.98. The fourth-order valence-electron chi connectivity index (χ4n) is 2.43. The molecule has 21 heavy (non-hydrogen) atoms. The van der Waals surface area contributed by atoms with Gasteiger partial charge < -0.3 is 19.9 Å². The molecule has 4 nitrogen and oxygen atoms in total. The number of rotatable bonds is 8. The summed E-state index contributed by atoms with van der Waals surface area (Å²) in [5.74, 6) is 0. The molecule has 0 amide bonds. The van der Waals surface area contributed by atoms with Crippen LogP contribution in [0.3, 0.4) is 0 Å². The first kappa shape index (κ1) is 16.7. The Morgan fingerprint density at radius 2 is 2.38 bits per heavy atom. The van der Waals surface area contributed by atoms with Crippen molar-refractivity contribution in [2.45, 2.75) is 38.4 Å². The third kappa shape index (κ3) is 5.58. The highest BCUT2D eigenvalue weighted by molar-refractivity contribution is 9.10. The summed E-state index contributed by atoms with van der Waals surface area (Å²) in [4.78, 5) is 0. The van der Waals surface area contributed by atoms with E-state index >= 15 is 0 Å². The molecule has 118 valence electrons. The molecule has 1 heterocycles. The quantitative estimate of drug-likeness (QED) is 0.750. The van der Waals surface area contributed by atoms with Gasteiger partial charge in [0.25, 0.3) is 0 Å². The van der Waals surface area contributed by atoms with E-state index in [1.165, 1.54) is 5.56 Å². The smallest absolute Gasteiger partial charge is 0.0945 e. The number of benzene rings is 1. The molecular weight excluding hydrogens is 334 g/mol. The van der Waals surface area contributed by atoms with E-state index in [0.717, 1.165) is 36.0 Å². The molecule has 1 aromatic carbocycles. The van der Waals surface area contributed by atoms with Crippen molar-refractivity contribution in [2.75, 3.05) is 31.7 Å². The highest BCUT2D eigenvalue weighted by atomic mass is 79.9. The van der Waals surface area contributed by atoms with Crippen LogP contribution in [0.4, 0.5) is 5.69 Å². The molecule has 1 aliphatic rings. The first-order valence-corrected chi connectivity index (χ1v) is 8.38. The van der Waals surface area contributed by atoms with Gasteiger partial charge in [-0.2, -0.15) is 0 Å². The monoisotopic (exact) mass is 357 g/mol. The molecule has 0 aliphatic carbocycles. The summed E-state index contributed by atoms with van der Waals surface area (Å²) >= 11 is 3.47. The standard InChI is InChI=1S/C16H24BrNO3/c1-2-12-8-13(17)5-6-16(12)18-9-14(19)10-20-11-15-4-3-7-21-15/h5-6,8,14-15,18-19H,2-4,7,9-11H2,1H3. The fourth-order valence-corrected chi connectivity index (χ4v) is 2.83. The second-order valence-corrected chi connectivity index (χ2v) is 6.28. The van der Waals surface area contributed by atoms with E-state index in [-0.39, 0.29) is 6.10 Å². The lowest BCUT2D eigenvalue weighted by Gasteiger charge is -2.16. The van der Waals surface area contributed by atoms with Crippen molar-refractivity contribution >= 4 is 21.6 Å². The van der Waals surface area contributed by atoms with Gasteiger partial charge in [-0.25, -0.2) is 0 Å². The van der Waals surface area contributed by atoms with Crippen molar-refractivity contribution in [1.82, 2.24) is 0 Å². The number of ether oxygens (including phenoxy) is 2. The lowest BCUT2D eigenvalue weighted by Crippen LogP contribution is -2.27. The molecule has 5 heteroatoms. The van der Waals surface area contributed by atoms with E-state index in [1.807, 2.05) is 12.1 Å². The zero-order valence-electron chi connectivity index (χ0n) is 12.5. The molecule has 0 radical (unpaired) electrons. The summed E-state index contributed by atoms with van der Waals surface area (Å²) in [6, 6.07) is 6.13. The van der Waals surface area contributed by atoms with Crippen molar-refractivity contribution in [1.29, 1.82) is 0 Å². The summed E-state index contributed by atoms with van der Waals surface area (Å²) < 4.78 is 12.1. The van der Waals surface area contributed by atoms with Gasteiger partial charge in [0.15, 0.2) is 0 Å². The fraction of sp³-hybridized carbons (Fsp3) is 0.625. The summed E-state index contributed by atoms with van der Waals surface area (Å²) in [5.41, 5.74) is 2.30. The minimum Gasteiger partial charge on any atom is -0.389 e. The number of nitrogens with one attached hydrogen (secondary N) is 1. The van der Waals surface area contributed by atoms with Crippen LogP contribution >= 0.6 is 15.9 Å². The minimum atomic E-state index is -0.514. The maximum Gasteiger partial charge on any atom is 0.0945 e. The van der Waals surface area contributed by atoms with Crippen molar-refractivity contribution in [3.05, 3.63) is 28.2 Å². The Kier molecular flexibility index (Phi) is 6.96. The van der Waals surface area contributed by atoms with Crippen LogP contribution < -0.4 is 5.32 Å². The summed E-state index contributed by atoms with van der Waals surface area (Å²) in [5, 5.41) is 13.3. The van der Waals surface area contributed by atoms with Gasteiger partial charge in [-0.15, -0.1) is 0 Å². The van der Waals surface area contributed by atoms with Crippen molar-refractivity contribution < 1.29 is 14.6 Å². The number of aliphatic hydroxyl groups is 1. The van der Waals surface area contributed by atoms with Gasteiger partial charge in [0.1, 0.15) is 0 Å². The third-order valence-electron chi connectivity index (χ3n) is 3.61. The molecule has 2 N–H and O–H groups in total. The van der Waals surface area contributed by atoms with Gasteiger partial charge in [0, 0.05) is 23.3 Å². The number of hydrogen-bond acceptors (Lipinski definition) is 4. The normalized spacial score (nSPS) is 19.7. The average molecular weight is 358 g/mol. The maximum atomic E-state index is 9.97. The highest BCUT2D eigenvalue weighted by Crippen LogP contribution is 2.21. The second-order valence-electron chi connectivity index (χ2n) is 5.36. The molecule has 2 atom stereocenters. The van der Waals surface area contributed by atoms with Crippen molar-refractivity contribution in [3.8, 4) is 0 Å². The Hall–Kier alpha value is -0.620. The lowest BCUT2D eigenvalue weighted by molar-refractivity contribution is -0.0137. The molecular formula is C16H24BrNO3. The molecule has 2 rings (SSSR count). The molecule has 1 aliphatic heterocycles. The molecule has 0 spiro atoms. The third-order valence-corrected chi connectivity index (χ3v) is 4.11. The van der Waals surface area contributed by atoms with Crippen LogP contribution in [-0.2, 0) is 15.9 Å². The SMILES string of the molecule is CCc1cc(Br)ccc1NCC(O)COCC1CCCO1. The Balaban J connectivity index is 1.69. The van der Waals surface area contributed by atoms with Crippen LogP contribution in [0.15, 0.2) is 22.7 Å². The molecule has 1 saturated heterocycles. The first-order valence-electron chi connectivity index (χ1n) is 7.58.